The molecule has 2 saturated heterocycles. The molecule has 1 N–H and O–H groups in total. The zero-order valence-corrected chi connectivity index (χ0v) is 8.81. The Labute approximate surface area is 93.5 Å². The molecule has 2 aliphatic rings. The number of rotatable bonds is 1. The van der Waals surface area contributed by atoms with Gasteiger partial charge in [-0.15, -0.1) is 6.42 Å². The molecule has 2 heterocycles. The van der Waals surface area contributed by atoms with Crippen molar-refractivity contribution in [3.8, 4) is 12.3 Å². The van der Waals surface area contributed by atoms with E-state index in [1.807, 2.05) is 0 Å². The largest absolute Gasteiger partial charge is 0.447 e. The maximum absolute atomic E-state index is 11.6. The Balaban J connectivity index is 1.89. The Morgan fingerprint density at radius 3 is 3.19 bits per heavy atom. The standard InChI is InChI=1S/C10H13N3O3/c1-2-3-11-9(14)12-4-5-13-8(6-12)7-16-10(13)15/h1,8H,3-7H2,(H,11,14)/t8-/m1/s1. The van der Waals surface area contributed by atoms with Crippen LogP contribution < -0.4 is 5.32 Å². The second-order valence-corrected chi connectivity index (χ2v) is 3.73. The number of carbonyl (C=O) groups is 2. The van der Waals surface area contributed by atoms with Gasteiger partial charge in [0.15, 0.2) is 0 Å². The van der Waals surface area contributed by atoms with Gasteiger partial charge in [0.2, 0.25) is 0 Å². The predicted octanol–water partition coefficient (Wildman–Crippen LogP) is -0.534. The second-order valence-electron chi connectivity index (χ2n) is 3.73. The van der Waals surface area contributed by atoms with Crippen LogP contribution >= 0.6 is 0 Å². The van der Waals surface area contributed by atoms with Crippen LogP contribution in [0.4, 0.5) is 9.59 Å². The Hall–Kier alpha value is -1.90. The first kappa shape index (κ1) is 10.6. The molecule has 6 nitrogen and oxygen atoms in total. The van der Waals surface area contributed by atoms with Gasteiger partial charge in [0.05, 0.1) is 12.6 Å². The van der Waals surface area contributed by atoms with Crippen LogP contribution in [0.15, 0.2) is 0 Å². The lowest BCUT2D eigenvalue weighted by molar-refractivity contribution is 0.127. The lowest BCUT2D eigenvalue weighted by Crippen LogP contribution is -2.55. The first-order valence-corrected chi connectivity index (χ1v) is 5.12. The van der Waals surface area contributed by atoms with Gasteiger partial charge in [-0.05, 0) is 0 Å². The minimum absolute atomic E-state index is 0.0159. The number of carbonyl (C=O) groups excluding carboxylic acids is 2. The number of fused-ring (bicyclic) bond motifs is 1. The molecule has 0 radical (unpaired) electrons. The quantitative estimate of drug-likeness (QED) is 0.608. The van der Waals surface area contributed by atoms with E-state index >= 15 is 0 Å². The van der Waals surface area contributed by atoms with Gasteiger partial charge in [-0.1, -0.05) is 5.92 Å². The van der Waals surface area contributed by atoms with Crippen LogP contribution in [0, 0.1) is 12.3 Å². The molecule has 1 atom stereocenters. The van der Waals surface area contributed by atoms with Crippen molar-refractivity contribution in [1.82, 2.24) is 15.1 Å². The van der Waals surface area contributed by atoms with Crippen molar-refractivity contribution in [3.63, 3.8) is 0 Å². The molecule has 6 heteroatoms. The highest BCUT2D eigenvalue weighted by Crippen LogP contribution is 2.17. The summed E-state index contributed by atoms with van der Waals surface area (Å²) < 4.78 is 4.91. The van der Waals surface area contributed by atoms with E-state index < -0.39 is 0 Å². The summed E-state index contributed by atoms with van der Waals surface area (Å²) in [6.45, 7) is 2.12. The first-order valence-electron chi connectivity index (χ1n) is 5.12. The first-order chi connectivity index (χ1) is 7.72. The predicted molar refractivity (Wildman–Crippen MR) is 55.6 cm³/mol. The molecular formula is C10H13N3O3. The maximum Gasteiger partial charge on any atom is 0.410 e. The van der Waals surface area contributed by atoms with Crippen molar-refractivity contribution in [1.29, 1.82) is 0 Å². The Bertz CT molecular complexity index is 350. The molecule has 0 aliphatic carbocycles. The third-order valence-electron chi connectivity index (χ3n) is 2.75. The van der Waals surface area contributed by atoms with E-state index in [9.17, 15) is 9.59 Å². The third-order valence-corrected chi connectivity index (χ3v) is 2.75. The number of amides is 3. The van der Waals surface area contributed by atoms with Crippen molar-refractivity contribution < 1.29 is 14.3 Å². The normalized spacial score (nSPS) is 23.4. The molecule has 2 rings (SSSR count). The fraction of sp³-hybridized carbons (Fsp3) is 0.600. The van der Waals surface area contributed by atoms with Crippen LogP contribution in [0.25, 0.3) is 0 Å². The van der Waals surface area contributed by atoms with E-state index in [2.05, 4.69) is 11.2 Å². The zero-order chi connectivity index (χ0) is 11.5. The van der Waals surface area contributed by atoms with E-state index in [-0.39, 0.29) is 24.7 Å². The summed E-state index contributed by atoms with van der Waals surface area (Å²) in [5.41, 5.74) is 0. The highest BCUT2D eigenvalue weighted by atomic mass is 16.6. The number of hydrogen-bond donors (Lipinski definition) is 1. The fourth-order valence-corrected chi connectivity index (χ4v) is 1.91. The summed E-state index contributed by atoms with van der Waals surface area (Å²) >= 11 is 0. The minimum atomic E-state index is -0.284. The van der Waals surface area contributed by atoms with Gasteiger partial charge in [0.25, 0.3) is 0 Å². The van der Waals surface area contributed by atoms with Crippen molar-refractivity contribution in [2.75, 3.05) is 32.8 Å². The molecular weight excluding hydrogens is 210 g/mol. The van der Waals surface area contributed by atoms with Crippen LogP contribution in [0.2, 0.25) is 0 Å². The number of urea groups is 1. The van der Waals surface area contributed by atoms with Gasteiger partial charge in [-0.2, -0.15) is 0 Å². The molecule has 0 aromatic rings. The van der Waals surface area contributed by atoms with E-state index in [4.69, 9.17) is 11.2 Å². The van der Waals surface area contributed by atoms with Gasteiger partial charge in [0.1, 0.15) is 6.61 Å². The summed E-state index contributed by atoms with van der Waals surface area (Å²) in [6.07, 6.45) is 4.77. The minimum Gasteiger partial charge on any atom is -0.447 e. The molecule has 0 unspecified atom stereocenters. The summed E-state index contributed by atoms with van der Waals surface area (Å²) in [5, 5.41) is 2.60. The van der Waals surface area contributed by atoms with Crippen LogP contribution in [-0.4, -0.2) is 60.8 Å². The Morgan fingerprint density at radius 2 is 2.44 bits per heavy atom. The second kappa shape index (κ2) is 4.31. The van der Waals surface area contributed by atoms with E-state index in [1.54, 1.807) is 9.80 Å². The number of piperazine rings is 1. The average molecular weight is 223 g/mol. The van der Waals surface area contributed by atoms with E-state index in [1.165, 1.54) is 0 Å². The molecule has 0 saturated carbocycles. The van der Waals surface area contributed by atoms with Crippen molar-refractivity contribution in [3.05, 3.63) is 0 Å². The molecule has 0 aromatic heterocycles. The number of terminal acetylenes is 1. The number of cyclic esters (lactones) is 1. The summed E-state index contributed by atoms with van der Waals surface area (Å²) in [5.74, 6) is 2.34. The number of nitrogens with one attached hydrogen (secondary N) is 1. The topological polar surface area (TPSA) is 61.9 Å². The molecule has 2 fully saturated rings. The van der Waals surface area contributed by atoms with Crippen molar-refractivity contribution in [2.45, 2.75) is 6.04 Å². The molecule has 0 aromatic carbocycles. The lowest BCUT2D eigenvalue weighted by atomic mass is 10.2. The van der Waals surface area contributed by atoms with Crippen LogP contribution in [0.5, 0.6) is 0 Å². The third kappa shape index (κ3) is 1.89. The van der Waals surface area contributed by atoms with E-state index in [0.29, 0.717) is 26.2 Å². The van der Waals surface area contributed by atoms with Gasteiger partial charge in [-0.25, -0.2) is 9.59 Å². The van der Waals surface area contributed by atoms with E-state index in [0.717, 1.165) is 0 Å². The van der Waals surface area contributed by atoms with Crippen LogP contribution in [0.3, 0.4) is 0 Å². The molecule has 3 amide bonds. The van der Waals surface area contributed by atoms with Crippen LogP contribution in [0.1, 0.15) is 0 Å². The maximum atomic E-state index is 11.6. The lowest BCUT2D eigenvalue weighted by Gasteiger charge is -2.35. The van der Waals surface area contributed by atoms with Crippen molar-refractivity contribution in [2.24, 2.45) is 0 Å². The fourth-order valence-electron chi connectivity index (χ4n) is 1.91. The molecule has 0 bridgehead atoms. The molecule has 0 spiro atoms. The average Bonchev–Trinajstić information content (AvgIpc) is 2.67. The van der Waals surface area contributed by atoms with Crippen molar-refractivity contribution >= 4 is 12.1 Å². The molecule has 16 heavy (non-hydrogen) atoms. The van der Waals surface area contributed by atoms with Gasteiger partial charge in [-0.3, -0.25) is 4.90 Å². The highest BCUT2D eigenvalue weighted by molar-refractivity contribution is 5.76. The van der Waals surface area contributed by atoms with Gasteiger partial charge < -0.3 is 15.0 Å². The monoisotopic (exact) mass is 223 g/mol. The number of ether oxygens (including phenoxy) is 1. The Morgan fingerprint density at radius 1 is 1.62 bits per heavy atom. The van der Waals surface area contributed by atoms with Crippen LogP contribution in [-0.2, 0) is 4.74 Å². The smallest absolute Gasteiger partial charge is 0.410 e. The zero-order valence-electron chi connectivity index (χ0n) is 8.81. The summed E-state index contributed by atoms with van der Waals surface area (Å²) in [4.78, 5) is 26.1. The summed E-state index contributed by atoms with van der Waals surface area (Å²) in [7, 11) is 0. The highest BCUT2D eigenvalue weighted by Gasteiger charge is 2.38. The number of nitrogens with zero attached hydrogens (tertiary/aromatic N) is 2. The number of hydrogen-bond acceptors (Lipinski definition) is 3. The Kier molecular flexibility index (Phi) is 2.86. The molecule has 2 aliphatic heterocycles. The molecule has 86 valence electrons. The van der Waals surface area contributed by atoms with Gasteiger partial charge >= 0.3 is 12.1 Å². The summed E-state index contributed by atoms with van der Waals surface area (Å²) in [6, 6.07) is -0.199. The van der Waals surface area contributed by atoms with Gasteiger partial charge in [0, 0.05) is 19.6 Å². The SMILES string of the molecule is C#CCNC(=O)N1CCN2C(=O)OC[C@H]2C1.